The van der Waals surface area contributed by atoms with Gasteiger partial charge in [-0.2, -0.15) is 11.8 Å². The van der Waals surface area contributed by atoms with E-state index >= 15 is 0 Å². The largest absolute Gasteiger partial charge is 0.478 e. The summed E-state index contributed by atoms with van der Waals surface area (Å²) in [6.45, 7) is 2.19. The number of hydrogen-bond donors (Lipinski definition) is 2. The van der Waals surface area contributed by atoms with Crippen LogP contribution in [0, 0.1) is 5.82 Å². The number of nitrogens with one attached hydrogen (secondary N) is 1. The third-order valence-electron chi connectivity index (χ3n) is 3.40. The van der Waals surface area contributed by atoms with Crippen LogP contribution in [0.15, 0.2) is 23.1 Å². The van der Waals surface area contributed by atoms with Crippen molar-refractivity contribution in [1.82, 2.24) is 4.72 Å². The van der Waals surface area contributed by atoms with Gasteiger partial charge in [0, 0.05) is 11.3 Å². The van der Waals surface area contributed by atoms with Gasteiger partial charge in [-0.05, 0) is 43.7 Å². The van der Waals surface area contributed by atoms with Gasteiger partial charge >= 0.3 is 5.97 Å². The topological polar surface area (TPSA) is 83.5 Å². The fourth-order valence-corrected chi connectivity index (χ4v) is 4.72. The highest BCUT2D eigenvalue weighted by Gasteiger charge is 2.31. The molecular weight excluding hydrogens is 317 g/mol. The summed E-state index contributed by atoms with van der Waals surface area (Å²) in [7, 11) is -3.99. The van der Waals surface area contributed by atoms with Gasteiger partial charge in [0.2, 0.25) is 10.0 Å². The number of rotatable bonds is 5. The van der Waals surface area contributed by atoms with E-state index in [2.05, 4.69) is 4.72 Å². The zero-order valence-electron chi connectivity index (χ0n) is 11.4. The van der Waals surface area contributed by atoms with Gasteiger partial charge < -0.3 is 5.11 Å². The number of carbonyl (C=O) groups is 1. The molecule has 0 radical (unpaired) electrons. The summed E-state index contributed by atoms with van der Waals surface area (Å²) in [5.74, 6) is -1.38. The summed E-state index contributed by atoms with van der Waals surface area (Å²) >= 11 is 1.69. The number of benzene rings is 1. The number of aromatic carboxylic acids is 1. The second-order valence-electron chi connectivity index (χ2n) is 5.18. The third-order valence-corrected chi connectivity index (χ3v) is 6.38. The molecule has 1 aromatic rings. The fourth-order valence-electron chi connectivity index (χ4n) is 2.15. The molecule has 0 saturated carbocycles. The molecule has 1 aliphatic rings. The minimum atomic E-state index is -3.99. The molecule has 0 spiro atoms. The van der Waals surface area contributed by atoms with Crippen LogP contribution in [0.3, 0.4) is 0 Å². The van der Waals surface area contributed by atoms with Gasteiger partial charge in [0.05, 0.1) is 5.56 Å². The summed E-state index contributed by atoms with van der Waals surface area (Å²) in [6.07, 6.45) is 1.94. The molecule has 1 heterocycles. The van der Waals surface area contributed by atoms with E-state index in [1.807, 2.05) is 6.92 Å². The molecule has 0 amide bonds. The van der Waals surface area contributed by atoms with Crippen molar-refractivity contribution in [2.24, 2.45) is 0 Å². The number of hydrogen-bond acceptors (Lipinski definition) is 4. The van der Waals surface area contributed by atoms with Crippen LogP contribution in [0.4, 0.5) is 4.39 Å². The van der Waals surface area contributed by atoms with Crippen molar-refractivity contribution in [3.63, 3.8) is 0 Å². The molecule has 8 heteroatoms. The number of carboxylic acids is 1. The Hall–Kier alpha value is -1.12. The molecule has 2 N–H and O–H groups in total. The Morgan fingerprint density at radius 2 is 2.24 bits per heavy atom. The SMILES string of the molecule is CC1(CNS(=O)(=O)c2ccc(C(=O)O)cc2F)CCCS1. The maximum absolute atomic E-state index is 13.8. The van der Waals surface area contributed by atoms with Crippen molar-refractivity contribution < 1.29 is 22.7 Å². The van der Waals surface area contributed by atoms with Crippen LogP contribution in [0.2, 0.25) is 0 Å². The zero-order valence-corrected chi connectivity index (χ0v) is 13.1. The minimum Gasteiger partial charge on any atom is -0.478 e. The average molecular weight is 333 g/mol. The van der Waals surface area contributed by atoms with Crippen LogP contribution in [0.5, 0.6) is 0 Å². The predicted molar refractivity (Wildman–Crippen MR) is 78.6 cm³/mol. The van der Waals surface area contributed by atoms with Gasteiger partial charge in [0.25, 0.3) is 0 Å². The van der Waals surface area contributed by atoms with Crippen molar-refractivity contribution in [2.75, 3.05) is 12.3 Å². The quantitative estimate of drug-likeness (QED) is 0.862. The smallest absolute Gasteiger partial charge is 0.335 e. The van der Waals surface area contributed by atoms with Gasteiger partial charge in [0.1, 0.15) is 10.7 Å². The van der Waals surface area contributed by atoms with Crippen LogP contribution in [0.25, 0.3) is 0 Å². The first kappa shape index (κ1) is 16.3. The van der Waals surface area contributed by atoms with Gasteiger partial charge in [-0.3, -0.25) is 0 Å². The first-order chi connectivity index (χ1) is 9.73. The van der Waals surface area contributed by atoms with Crippen LogP contribution < -0.4 is 4.72 Å². The Morgan fingerprint density at radius 1 is 1.52 bits per heavy atom. The molecule has 1 unspecified atom stereocenters. The molecule has 1 fully saturated rings. The summed E-state index contributed by atoms with van der Waals surface area (Å²) in [4.78, 5) is 10.2. The Morgan fingerprint density at radius 3 is 2.76 bits per heavy atom. The Balaban J connectivity index is 2.17. The van der Waals surface area contributed by atoms with Crippen molar-refractivity contribution in [3.05, 3.63) is 29.6 Å². The second-order valence-corrected chi connectivity index (χ2v) is 8.59. The molecular formula is C13H16FNO4S2. The second kappa shape index (κ2) is 5.94. The van der Waals surface area contributed by atoms with E-state index in [4.69, 9.17) is 5.11 Å². The highest BCUT2D eigenvalue weighted by molar-refractivity contribution is 8.01. The van der Waals surface area contributed by atoms with Crippen molar-refractivity contribution in [2.45, 2.75) is 29.4 Å². The van der Waals surface area contributed by atoms with E-state index in [0.717, 1.165) is 30.7 Å². The minimum absolute atomic E-state index is 0.176. The van der Waals surface area contributed by atoms with E-state index in [0.29, 0.717) is 6.07 Å². The first-order valence-corrected chi connectivity index (χ1v) is 8.87. The number of halogens is 1. The lowest BCUT2D eigenvalue weighted by Gasteiger charge is -2.22. The highest BCUT2D eigenvalue weighted by Crippen LogP contribution is 2.37. The molecule has 1 aliphatic heterocycles. The number of carboxylic acid groups (broad SMARTS) is 1. The summed E-state index contributed by atoms with van der Waals surface area (Å²) in [5.41, 5.74) is -0.287. The summed E-state index contributed by atoms with van der Waals surface area (Å²) in [5, 5.41) is 8.75. The monoisotopic (exact) mass is 333 g/mol. The van der Waals surface area contributed by atoms with Gasteiger partial charge in [-0.15, -0.1) is 0 Å². The maximum atomic E-state index is 13.8. The van der Waals surface area contributed by atoms with Gasteiger partial charge in [-0.25, -0.2) is 22.3 Å². The van der Waals surface area contributed by atoms with Crippen molar-refractivity contribution in [1.29, 1.82) is 0 Å². The van der Waals surface area contributed by atoms with Crippen LogP contribution in [-0.2, 0) is 10.0 Å². The van der Waals surface area contributed by atoms with E-state index in [1.165, 1.54) is 0 Å². The molecule has 1 saturated heterocycles. The average Bonchev–Trinajstić information content (AvgIpc) is 2.84. The first-order valence-electron chi connectivity index (χ1n) is 6.40. The van der Waals surface area contributed by atoms with E-state index in [1.54, 1.807) is 11.8 Å². The third kappa shape index (κ3) is 3.75. The predicted octanol–water partition coefficient (Wildman–Crippen LogP) is 2.09. The Bertz CT molecular complexity index is 654. The van der Waals surface area contributed by atoms with E-state index in [9.17, 15) is 17.6 Å². The van der Waals surface area contributed by atoms with E-state index < -0.39 is 26.7 Å². The molecule has 0 bridgehead atoms. The van der Waals surface area contributed by atoms with Gasteiger partial charge in [0.15, 0.2) is 0 Å². The van der Waals surface area contributed by atoms with Crippen LogP contribution >= 0.6 is 11.8 Å². The molecule has 5 nitrogen and oxygen atoms in total. The van der Waals surface area contributed by atoms with E-state index in [-0.39, 0.29) is 16.9 Å². The summed E-state index contributed by atoms with van der Waals surface area (Å²) < 4.78 is 40.3. The van der Waals surface area contributed by atoms with Crippen molar-refractivity contribution in [3.8, 4) is 0 Å². The molecule has 21 heavy (non-hydrogen) atoms. The molecule has 1 aromatic carbocycles. The molecule has 2 rings (SSSR count). The lowest BCUT2D eigenvalue weighted by Crippen LogP contribution is -2.37. The van der Waals surface area contributed by atoms with Crippen LogP contribution in [-0.4, -0.2) is 36.5 Å². The normalized spacial score (nSPS) is 22.4. The molecule has 1 atom stereocenters. The lowest BCUT2D eigenvalue weighted by atomic mass is 10.1. The standard InChI is InChI=1S/C13H16FNO4S2/c1-13(5-2-6-20-13)8-15-21(18,19)11-4-3-9(12(16)17)7-10(11)14/h3-4,7,15H,2,5-6,8H2,1H3,(H,16,17). The lowest BCUT2D eigenvalue weighted by molar-refractivity contribution is 0.0696. The Kier molecular flexibility index (Phi) is 4.60. The highest BCUT2D eigenvalue weighted by atomic mass is 32.2. The van der Waals surface area contributed by atoms with Crippen LogP contribution in [0.1, 0.15) is 30.1 Å². The summed E-state index contributed by atoms with van der Waals surface area (Å²) in [6, 6.07) is 2.76. The molecule has 116 valence electrons. The molecule has 0 aromatic heterocycles. The molecule has 0 aliphatic carbocycles. The number of sulfonamides is 1. The fraction of sp³-hybridized carbons (Fsp3) is 0.462. The zero-order chi connectivity index (χ0) is 15.7. The Labute approximate surface area is 127 Å². The van der Waals surface area contributed by atoms with Gasteiger partial charge in [-0.1, -0.05) is 0 Å². The maximum Gasteiger partial charge on any atom is 0.335 e. The van der Waals surface area contributed by atoms with Crippen molar-refractivity contribution >= 4 is 27.8 Å². The number of thioether (sulfide) groups is 1.